The van der Waals surface area contributed by atoms with E-state index in [2.05, 4.69) is 30.5 Å². The zero-order chi connectivity index (χ0) is 29.3. The Labute approximate surface area is 238 Å². The van der Waals surface area contributed by atoms with Crippen LogP contribution in [0.2, 0.25) is 0 Å². The van der Waals surface area contributed by atoms with Gasteiger partial charge in [-0.1, -0.05) is 24.3 Å². The van der Waals surface area contributed by atoms with Crippen molar-refractivity contribution in [1.82, 2.24) is 14.7 Å². The van der Waals surface area contributed by atoms with Crippen LogP contribution in [0.1, 0.15) is 41.5 Å². The summed E-state index contributed by atoms with van der Waals surface area (Å²) in [6.45, 7) is 5.63. The molecule has 2 bridgehead atoms. The number of benzene rings is 2. The average molecular weight is 568 g/mol. The van der Waals surface area contributed by atoms with E-state index in [1.165, 1.54) is 23.8 Å². The number of rotatable bonds is 6. The molecule has 218 valence electrons. The fraction of sp³-hybridized carbons (Fsp3) is 0.469. The number of piperidine rings is 1. The molecular weight excluding hydrogens is 531 g/mol. The standard InChI is InChI=1S/C32H36F3N3O3/c1-5-16-38-17-15-30-27-21-10-11-24(39)28(27)41-29(30)23(13-14-31(30,36(2)3)25(38)19-21)37(4)26(40)12-9-20-7-6-8-22(18-20)32(33,34)35/h5-12,18,23,25,29,39H,1,13-17,19H2,2-4H3/t23-,25+,29-,30-,31+/m0/s1. The van der Waals surface area contributed by atoms with Gasteiger partial charge < -0.3 is 19.6 Å². The number of hydrogen-bond acceptors (Lipinski definition) is 5. The van der Waals surface area contributed by atoms with E-state index in [1.54, 1.807) is 24.1 Å². The lowest BCUT2D eigenvalue weighted by atomic mass is 9.46. The second-order valence-corrected chi connectivity index (χ2v) is 12.0. The summed E-state index contributed by atoms with van der Waals surface area (Å²) in [6, 6.07) is 8.58. The number of likely N-dealkylation sites (N-methyl/N-ethyl adjacent to an activating group) is 2. The van der Waals surface area contributed by atoms with Crippen molar-refractivity contribution in [3.8, 4) is 11.5 Å². The SMILES string of the molecule is C=CCN1CC[C@]23c4c5ccc(O)c4O[C@H]2[C@@H](N(C)C(=O)C=Cc2cccc(C(F)(F)F)c2)CC[C@@]3(N(C)C)[C@H]1C5. The maximum Gasteiger partial charge on any atom is 0.416 e. The zero-order valence-corrected chi connectivity index (χ0v) is 23.6. The summed E-state index contributed by atoms with van der Waals surface area (Å²) in [5, 5.41) is 11.0. The number of carbonyl (C=O) groups is 1. The maximum absolute atomic E-state index is 13.5. The zero-order valence-electron chi connectivity index (χ0n) is 23.6. The molecule has 2 aliphatic heterocycles. The van der Waals surface area contributed by atoms with E-state index in [0.29, 0.717) is 17.7 Å². The lowest BCUT2D eigenvalue weighted by molar-refractivity contribution is -0.158. The molecule has 2 aromatic rings. The molecule has 1 spiro atoms. The smallest absolute Gasteiger partial charge is 0.416 e. The molecule has 2 aliphatic carbocycles. The van der Waals surface area contributed by atoms with Crippen LogP contribution in [0.15, 0.2) is 55.1 Å². The van der Waals surface area contributed by atoms with Crippen LogP contribution in [0.25, 0.3) is 6.08 Å². The number of amides is 1. The minimum Gasteiger partial charge on any atom is -0.504 e. The highest BCUT2D eigenvalue weighted by atomic mass is 19.4. The molecule has 2 fully saturated rings. The van der Waals surface area contributed by atoms with Crippen LogP contribution in [0.4, 0.5) is 13.2 Å². The third-order valence-electron chi connectivity index (χ3n) is 10.2. The Balaban J connectivity index is 1.38. The van der Waals surface area contributed by atoms with E-state index in [0.717, 1.165) is 50.0 Å². The van der Waals surface area contributed by atoms with E-state index in [-0.39, 0.29) is 35.4 Å². The normalized spacial score (nSPS) is 30.3. The molecule has 0 radical (unpaired) electrons. The van der Waals surface area contributed by atoms with Crippen molar-refractivity contribution in [2.24, 2.45) is 0 Å². The number of phenols is 1. The van der Waals surface area contributed by atoms with Crippen molar-refractivity contribution in [3.05, 3.63) is 77.4 Å². The molecule has 2 aromatic carbocycles. The van der Waals surface area contributed by atoms with Crippen molar-refractivity contribution < 1.29 is 27.8 Å². The molecule has 0 aromatic heterocycles. The van der Waals surface area contributed by atoms with Gasteiger partial charge in [-0.25, -0.2) is 0 Å². The van der Waals surface area contributed by atoms with Gasteiger partial charge in [-0.15, -0.1) is 6.58 Å². The number of likely N-dealkylation sites (tertiary alicyclic amines) is 1. The van der Waals surface area contributed by atoms with Crippen LogP contribution >= 0.6 is 0 Å². The molecule has 4 aliphatic rings. The highest BCUT2D eigenvalue weighted by Gasteiger charge is 2.74. The quantitative estimate of drug-likeness (QED) is 0.399. The van der Waals surface area contributed by atoms with Gasteiger partial charge in [0.15, 0.2) is 11.5 Å². The van der Waals surface area contributed by atoms with Gasteiger partial charge in [-0.05, 0) is 81.7 Å². The maximum atomic E-state index is 13.5. The van der Waals surface area contributed by atoms with Gasteiger partial charge in [0, 0.05) is 36.8 Å². The van der Waals surface area contributed by atoms with Gasteiger partial charge in [-0.3, -0.25) is 9.69 Å². The van der Waals surface area contributed by atoms with Crippen molar-refractivity contribution in [2.75, 3.05) is 34.2 Å². The predicted molar refractivity (Wildman–Crippen MR) is 151 cm³/mol. The van der Waals surface area contributed by atoms with Crippen LogP contribution in [0.5, 0.6) is 11.5 Å². The number of hydrogen-bond donors (Lipinski definition) is 1. The largest absolute Gasteiger partial charge is 0.504 e. The third kappa shape index (κ3) is 3.88. The van der Waals surface area contributed by atoms with E-state index in [4.69, 9.17) is 4.74 Å². The molecule has 6 rings (SSSR count). The minimum atomic E-state index is -4.46. The van der Waals surface area contributed by atoms with E-state index in [1.807, 2.05) is 12.1 Å². The second-order valence-electron chi connectivity index (χ2n) is 12.0. The van der Waals surface area contributed by atoms with Gasteiger partial charge in [0.2, 0.25) is 5.91 Å². The minimum absolute atomic E-state index is 0.115. The lowest BCUT2D eigenvalue weighted by Crippen LogP contribution is -2.82. The summed E-state index contributed by atoms with van der Waals surface area (Å²) in [5.74, 6) is 0.340. The summed E-state index contributed by atoms with van der Waals surface area (Å²) >= 11 is 0. The Bertz CT molecular complexity index is 1420. The molecule has 1 saturated heterocycles. The Morgan fingerprint density at radius 3 is 2.71 bits per heavy atom. The van der Waals surface area contributed by atoms with Gasteiger partial charge in [0.1, 0.15) is 6.10 Å². The number of halogens is 3. The Hall–Kier alpha value is -3.30. The number of phenolic OH excluding ortho intramolecular Hbond substituents is 1. The molecule has 9 heteroatoms. The van der Waals surface area contributed by atoms with Gasteiger partial charge in [-0.2, -0.15) is 13.2 Å². The Kier molecular flexibility index (Phi) is 6.54. The van der Waals surface area contributed by atoms with Crippen LogP contribution in [0, 0.1) is 0 Å². The molecule has 1 N–H and O–H groups in total. The highest BCUT2D eigenvalue weighted by molar-refractivity contribution is 5.92. The number of ether oxygens (including phenoxy) is 1. The number of carbonyl (C=O) groups excluding carboxylic acids is 1. The van der Waals surface area contributed by atoms with Crippen LogP contribution in [0.3, 0.4) is 0 Å². The van der Waals surface area contributed by atoms with Crippen molar-refractivity contribution >= 4 is 12.0 Å². The third-order valence-corrected chi connectivity index (χ3v) is 10.2. The predicted octanol–water partition coefficient (Wildman–Crippen LogP) is 4.86. The molecular formula is C32H36F3N3O3. The van der Waals surface area contributed by atoms with Crippen molar-refractivity contribution in [1.29, 1.82) is 0 Å². The summed E-state index contributed by atoms with van der Waals surface area (Å²) in [7, 11) is 5.99. The first-order valence-corrected chi connectivity index (χ1v) is 14.1. The van der Waals surface area contributed by atoms with E-state index in [9.17, 15) is 23.1 Å². The fourth-order valence-electron chi connectivity index (χ4n) is 8.57. The fourth-order valence-corrected chi connectivity index (χ4v) is 8.57. The Morgan fingerprint density at radius 1 is 1.22 bits per heavy atom. The number of aromatic hydroxyl groups is 1. The summed E-state index contributed by atoms with van der Waals surface area (Å²) in [4.78, 5) is 20.0. The van der Waals surface area contributed by atoms with Gasteiger partial charge in [0.25, 0.3) is 0 Å². The second kappa shape index (κ2) is 9.63. The topological polar surface area (TPSA) is 56.3 Å². The first-order valence-electron chi connectivity index (χ1n) is 14.1. The molecule has 41 heavy (non-hydrogen) atoms. The first-order chi connectivity index (χ1) is 19.5. The number of alkyl halides is 3. The van der Waals surface area contributed by atoms with Crippen LogP contribution in [-0.4, -0.2) is 83.7 Å². The highest BCUT2D eigenvalue weighted by Crippen LogP contribution is 2.67. The molecule has 0 unspecified atom stereocenters. The Morgan fingerprint density at radius 2 is 2.00 bits per heavy atom. The first kappa shape index (κ1) is 27.8. The van der Waals surface area contributed by atoms with Crippen LogP contribution < -0.4 is 4.74 Å². The van der Waals surface area contributed by atoms with Gasteiger partial charge >= 0.3 is 6.18 Å². The molecule has 2 heterocycles. The summed E-state index contributed by atoms with van der Waals surface area (Å²) in [6.07, 6.45) is 3.04. The monoisotopic (exact) mass is 567 g/mol. The van der Waals surface area contributed by atoms with Gasteiger partial charge in [0.05, 0.1) is 17.0 Å². The molecule has 1 amide bonds. The molecule has 5 atom stereocenters. The van der Waals surface area contributed by atoms with Crippen molar-refractivity contribution in [3.63, 3.8) is 0 Å². The summed E-state index contributed by atoms with van der Waals surface area (Å²) in [5.41, 5.74) is 1.09. The summed E-state index contributed by atoms with van der Waals surface area (Å²) < 4.78 is 46.3. The van der Waals surface area contributed by atoms with Crippen molar-refractivity contribution in [2.45, 2.75) is 61.0 Å². The van der Waals surface area contributed by atoms with E-state index < -0.39 is 17.2 Å². The molecule has 6 nitrogen and oxygen atoms in total. The molecule has 1 saturated carbocycles. The van der Waals surface area contributed by atoms with E-state index >= 15 is 0 Å². The number of nitrogens with zero attached hydrogens (tertiary/aromatic N) is 3. The average Bonchev–Trinajstić information content (AvgIpc) is 3.29. The van der Waals surface area contributed by atoms with Crippen LogP contribution in [-0.2, 0) is 22.8 Å². The lowest BCUT2D eigenvalue weighted by Gasteiger charge is -2.69.